The van der Waals surface area contributed by atoms with Gasteiger partial charge in [-0.3, -0.25) is 4.79 Å². The van der Waals surface area contributed by atoms with Gasteiger partial charge in [-0.15, -0.1) is 0 Å². The Balaban J connectivity index is 1.67. The molecule has 0 aromatic heterocycles. The average molecular weight is 335 g/mol. The number of nitrogens with zero attached hydrogens (tertiary/aromatic N) is 1. The number of hydrogen-bond acceptors (Lipinski definition) is 3. The van der Waals surface area contributed by atoms with Crippen LogP contribution in [0.5, 0.6) is 0 Å². The minimum absolute atomic E-state index is 0.0688. The van der Waals surface area contributed by atoms with Crippen LogP contribution in [0.4, 0.5) is 0 Å². The predicted octanol–water partition coefficient (Wildman–Crippen LogP) is 2.87. The van der Waals surface area contributed by atoms with E-state index >= 15 is 0 Å². The van der Waals surface area contributed by atoms with Crippen LogP contribution in [0.25, 0.3) is 0 Å². The molecule has 1 amide bonds. The SMILES string of the molecule is CC1=C(CCN2CC[C@@H](O)[C@@]3(CCCNC3=O)C2)C(C)(C)CCC1. The summed E-state index contributed by atoms with van der Waals surface area (Å²) in [4.78, 5) is 14.9. The van der Waals surface area contributed by atoms with Crippen LogP contribution in [-0.2, 0) is 4.79 Å². The third kappa shape index (κ3) is 3.28. The number of aliphatic hydroxyl groups excluding tert-OH is 1. The van der Waals surface area contributed by atoms with E-state index in [2.05, 4.69) is 31.0 Å². The summed E-state index contributed by atoms with van der Waals surface area (Å²) in [6.07, 6.45) is 6.97. The van der Waals surface area contributed by atoms with Gasteiger partial charge in [0.15, 0.2) is 0 Å². The predicted molar refractivity (Wildman–Crippen MR) is 96.7 cm³/mol. The highest BCUT2D eigenvalue weighted by Gasteiger charge is 2.49. The third-order valence-electron chi connectivity index (χ3n) is 6.76. The molecule has 3 aliphatic rings. The van der Waals surface area contributed by atoms with E-state index in [0.29, 0.717) is 12.0 Å². The number of aliphatic hydroxyl groups is 1. The van der Waals surface area contributed by atoms with Gasteiger partial charge in [0.2, 0.25) is 5.91 Å². The Morgan fingerprint density at radius 3 is 2.79 bits per heavy atom. The van der Waals surface area contributed by atoms with E-state index < -0.39 is 11.5 Å². The second-order valence-electron chi connectivity index (χ2n) is 8.84. The number of piperidine rings is 2. The quantitative estimate of drug-likeness (QED) is 0.780. The Labute approximate surface area is 146 Å². The fraction of sp³-hybridized carbons (Fsp3) is 0.850. The van der Waals surface area contributed by atoms with E-state index in [9.17, 15) is 9.90 Å². The number of allylic oxidation sites excluding steroid dienone is 1. The van der Waals surface area contributed by atoms with Crippen molar-refractivity contribution in [1.82, 2.24) is 10.2 Å². The molecule has 3 rings (SSSR count). The first kappa shape index (κ1) is 17.9. The Bertz CT molecular complexity index is 526. The van der Waals surface area contributed by atoms with Gasteiger partial charge in [-0.2, -0.15) is 0 Å². The standard InChI is InChI=1S/C20H34N2O2/c1-15-6-4-9-19(2,3)16(15)7-12-22-13-8-17(23)20(14-22)10-5-11-21-18(20)24/h17,23H,4-14H2,1-3H3,(H,21,24)/t17-,20-/m1/s1. The summed E-state index contributed by atoms with van der Waals surface area (Å²) >= 11 is 0. The lowest BCUT2D eigenvalue weighted by Gasteiger charge is -2.47. The number of nitrogens with one attached hydrogen (secondary N) is 1. The zero-order chi connectivity index (χ0) is 17.4. The van der Waals surface area contributed by atoms with Crippen LogP contribution in [0.2, 0.25) is 0 Å². The molecule has 0 bridgehead atoms. The molecule has 4 heteroatoms. The summed E-state index contributed by atoms with van der Waals surface area (Å²) in [7, 11) is 0. The number of amides is 1. The number of carbonyl (C=O) groups excluding carboxylic acids is 1. The molecule has 2 saturated heterocycles. The number of carbonyl (C=O) groups is 1. The highest BCUT2D eigenvalue weighted by atomic mass is 16.3. The van der Waals surface area contributed by atoms with Crippen molar-refractivity contribution in [1.29, 1.82) is 0 Å². The Morgan fingerprint density at radius 2 is 2.08 bits per heavy atom. The van der Waals surface area contributed by atoms with Crippen LogP contribution >= 0.6 is 0 Å². The number of likely N-dealkylation sites (tertiary alicyclic amines) is 1. The Kier molecular flexibility index (Phi) is 5.08. The maximum atomic E-state index is 12.5. The van der Waals surface area contributed by atoms with Crippen molar-refractivity contribution in [3.63, 3.8) is 0 Å². The highest BCUT2D eigenvalue weighted by molar-refractivity contribution is 5.84. The normalized spacial score (nSPS) is 34.5. The molecule has 2 N–H and O–H groups in total. The first-order valence-electron chi connectivity index (χ1n) is 9.73. The van der Waals surface area contributed by atoms with Crippen LogP contribution in [0, 0.1) is 10.8 Å². The Morgan fingerprint density at radius 1 is 1.29 bits per heavy atom. The summed E-state index contributed by atoms with van der Waals surface area (Å²) in [5, 5.41) is 13.5. The molecule has 24 heavy (non-hydrogen) atoms. The van der Waals surface area contributed by atoms with E-state index in [1.54, 1.807) is 11.1 Å². The van der Waals surface area contributed by atoms with Crippen LogP contribution in [0.3, 0.4) is 0 Å². The van der Waals surface area contributed by atoms with Crippen molar-refractivity contribution in [2.75, 3.05) is 26.2 Å². The largest absolute Gasteiger partial charge is 0.392 e. The Hall–Kier alpha value is -0.870. The van der Waals surface area contributed by atoms with Gasteiger partial charge < -0.3 is 15.3 Å². The first-order chi connectivity index (χ1) is 11.3. The minimum atomic E-state index is -0.567. The van der Waals surface area contributed by atoms with E-state index in [-0.39, 0.29) is 5.91 Å². The molecule has 0 aromatic carbocycles. The number of rotatable bonds is 3. The van der Waals surface area contributed by atoms with Gasteiger partial charge in [0, 0.05) is 26.2 Å². The zero-order valence-corrected chi connectivity index (χ0v) is 15.7. The molecule has 136 valence electrons. The molecule has 2 heterocycles. The molecule has 0 aromatic rings. The van der Waals surface area contributed by atoms with Crippen LogP contribution in [0.1, 0.15) is 65.7 Å². The second kappa shape index (κ2) is 6.80. The minimum Gasteiger partial charge on any atom is -0.392 e. The summed E-state index contributed by atoms with van der Waals surface area (Å²) in [6, 6.07) is 0. The zero-order valence-electron chi connectivity index (χ0n) is 15.7. The van der Waals surface area contributed by atoms with E-state index in [1.165, 1.54) is 19.3 Å². The lowest BCUT2D eigenvalue weighted by atomic mass is 9.70. The van der Waals surface area contributed by atoms with Gasteiger partial charge >= 0.3 is 0 Å². The summed E-state index contributed by atoms with van der Waals surface area (Å²) in [5.74, 6) is 0.0688. The van der Waals surface area contributed by atoms with E-state index in [1.807, 2.05) is 0 Å². The smallest absolute Gasteiger partial charge is 0.230 e. The molecule has 4 nitrogen and oxygen atoms in total. The fourth-order valence-corrected chi connectivity index (χ4v) is 5.22. The van der Waals surface area contributed by atoms with Crippen molar-refractivity contribution in [3.8, 4) is 0 Å². The van der Waals surface area contributed by atoms with Crippen LogP contribution in [0.15, 0.2) is 11.1 Å². The van der Waals surface area contributed by atoms with Gasteiger partial charge in [0.1, 0.15) is 0 Å². The monoisotopic (exact) mass is 334 g/mol. The van der Waals surface area contributed by atoms with Crippen molar-refractivity contribution < 1.29 is 9.90 Å². The molecule has 0 saturated carbocycles. The molecule has 1 aliphatic carbocycles. The molecule has 0 radical (unpaired) electrons. The topological polar surface area (TPSA) is 52.6 Å². The first-order valence-corrected chi connectivity index (χ1v) is 9.73. The van der Waals surface area contributed by atoms with E-state index in [0.717, 1.165) is 45.3 Å². The van der Waals surface area contributed by atoms with Crippen molar-refractivity contribution in [3.05, 3.63) is 11.1 Å². The molecule has 2 aliphatic heterocycles. The molecular formula is C20H34N2O2. The van der Waals surface area contributed by atoms with Crippen LogP contribution in [-0.4, -0.2) is 48.2 Å². The van der Waals surface area contributed by atoms with E-state index in [4.69, 9.17) is 0 Å². The number of hydrogen-bond donors (Lipinski definition) is 2. The summed E-state index contributed by atoms with van der Waals surface area (Å²) in [5.41, 5.74) is 2.95. The maximum absolute atomic E-state index is 12.5. The molecule has 0 unspecified atom stereocenters. The average Bonchev–Trinajstić information content (AvgIpc) is 2.52. The van der Waals surface area contributed by atoms with Gasteiger partial charge in [0.05, 0.1) is 11.5 Å². The lowest BCUT2D eigenvalue weighted by Crippen LogP contribution is -2.61. The fourth-order valence-electron chi connectivity index (χ4n) is 5.22. The van der Waals surface area contributed by atoms with Crippen molar-refractivity contribution in [2.45, 2.75) is 71.8 Å². The summed E-state index contributed by atoms with van der Waals surface area (Å²) in [6.45, 7) is 10.4. The van der Waals surface area contributed by atoms with Crippen molar-refractivity contribution in [2.24, 2.45) is 10.8 Å². The van der Waals surface area contributed by atoms with Crippen molar-refractivity contribution >= 4 is 5.91 Å². The lowest BCUT2D eigenvalue weighted by molar-refractivity contribution is -0.149. The van der Waals surface area contributed by atoms with Gasteiger partial charge in [0.25, 0.3) is 0 Å². The third-order valence-corrected chi connectivity index (χ3v) is 6.76. The molecule has 1 spiro atoms. The summed E-state index contributed by atoms with van der Waals surface area (Å²) < 4.78 is 0. The van der Waals surface area contributed by atoms with Gasteiger partial charge in [-0.25, -0.2) is 0 Å². The van der Waals surface area contributed by atoms with Crippen LogP contribution < -0.4 is 5.32 Å². The second-order valence-corrected chi connectivity index (χ2v) is 8.84. The molecule has 2 atom stereocenters. The highest BCUT2D eigenvalue weighted by Crippen LogP contribution is 2.42. The molecular weight excluding hydrogens is 300 g/mol. The van der Waals surface area contributed by atoms with Gasteiger partial charge in [-0.05, 0) is 57.3 Å². The molecule has 2 fully saturated rings. The van der Waals surface area contributed by atoms with Gasteiger partial charge in [-0.1, -0.05) is 25.0 Å². The maximum Gasteiger partial charge on any atom is 0.230 e.